The molecule has 1 saturated heterocycles. The average molecular weight is 357 g/mol. The number of benzene rings is 2. The number of halogens is 2. The molecule has 2 aliphatic rings. The highest BCUT2D eigenvalue weighted by Crippen LogP contribution is 2.48. The molecule has 2 aromatic carbocycles. The van der Waals surface area contributed by atoms with E-state index < -0.39 is 16.9 Å². The van der Waals surface area contributed by atoms with Gasteiger partial charge in [0, 0.05) is 28.4 Å². The molecule has 5 heteroatoms. The van der Waals surface area contributed by atoms with Crippen molar-refractivity contribution in [3.63, 3.8) is 0 Å². The largest absolute Gasteiger partial charge is 0.338 e. The molecule has 25 heavy (non-hydrogen) atoms. The first kappa shape index (κ1) is 16.2. The third-order valence-electron chi connectivity index (χ3n) is 4.97. The molecule has 128 valence electrons. The van der Waals surface area contributed by atoms with Gasteiger partial charge in [-0.2, -0.15) is 0 Å². The molecular weight excluding hydrogens is 339 g/mol. The molecule has 1 fully saturated rings. The minimum Gasteiger partial charge on any atom is -0.338 e. The molecule has 0 bridgehead atoms. The van der Waals surface area contributed by atoms with Crippen LogP contribution in [0.15, 0.2) is 54.4 Å². The Morgan fingerprint density at radius 1 is 1.16 bits per heavy atom. The Morgan fingerprint density at radius 3 is 2.60 bits per heavy atom. The van der Waals surface area contributed by atoms with Crippen LogP contribution in [0.4, 0.5) is 10.1 Å². The van der Waals surface area contributed by atoms with Gasteiger partial charge in [0.1, 0.15) is 0 Å². The average Bonchev–Trinajstić information content (AvgIpc) is 2.58. The SMILES string of the molecule is CC1(C)CN2c3cc(Cl)ccc3C=C(F)C2(c2ccccc2)NC1=O. The Kier molecular flexibility index (Phi) is 3.45. The lowest BCUT2D eigenvalue weighted by atomic mass is 9.80. The number of nitrogens with one attached hydrogen (secondary N) is 1. The van der Waals surface area contributed by atoms with Crippen molar-refractivity contribution in [2.24, 2.45) is 5.41 Å². The molecule has 0 aromatic heterocycles. The highest BCUT2D eigenvalue weighted by molar-refractivity contribution is 6.31. The second-order valence-corrected chi connectivity index (χ2v) is 7.63. The van der Waals surface area contributed by atoms with Gasteiger partial charge in [0.05, 0.1) is 5.41 Å². The van der Waals surface area contributed by atoms with Gasteiger partial charge in [-0.1, -0.05) is 48.0 Å². The quantitative estimate of drug-likeness (QED) is 0.817. The van der Waals surface area contributed by atoms with Crippen molar-refractivity contribution in [1.82, 2.24) is 5.32 Å². The van der Waals surface area contributed by atoms with Crippen LogP contribution in [0, 0.1) is 5.41 Å². The summed E-state index contributed by atoms with van der Waals surface area (Å²) in [4.78, 5) is 14.6. The van der Waals surface area contributed by atoms with Crippen LogP contribution >= 0.6 is 11.6 Å². The summed E-state index contributed by atoms with van der Waals surface area (Å²) >= 11 is 6.21. The van der Waals surface area contributed by atoms with Crippen LogP contribution in [0.1, 0.15) is 25.0 Å². The molecular formula is C20H18ClFN2O. The monoisotopic (exact) mass is 356 g/mol. The number of nitrogens with zero attached hydrogens (tertiary/aromatic N) is 1. The van der Waals surface area contributed by atoms with Crippen molar-refractivity contribution < 1.29 is 9.18 Å². The molecule has 2 aromatic rings. The second kappa shape index (κ2) is 5.33. The van der Waals surface area contributed by atoms with E-state index in [1.54, 1.807) is 12.1 Å². The smallest absolute Gasteiger partial charge is 0.229 e. The fourth-order valence-corrected chi connectivity index (χ4v) is 3.77. The van der Waals surface area contributed by atoms with Crippen molar-refractivity contribution in [1.29, 1.82) is 0 Å². The summed E-state index contributed by atoms with van der Waals surface area (Å²) < 4.78 is 15.4. The predicted octanol–water partition coefficient (Wildman–Crippen LogP) is 4.48. The molecule has 4 rings (SSSR count). The molecule has 1 N–H and O–H groups in total. The van der Waals surface area contributed by atoms with Crippen molar-refractivity contribution in [2.45, 2.75) is 19.5 Å². The van der Waals surface area contributed by atoms with E-state index in [1.807, 2.05) is 55.1 Å². The van der Waals surface area contributed by atoms with Crippen LogP contribution in [0.5, 0.6) is 0 Å². The van der Waals surface area contributed by atoms with Crippen LogP contribution < -0.4 is 10.2 Å². The molecule has 2 aliphatic heterocycles. The van der Waals surface area contributed by atoms with Crippen molar-refractivity contribution in [3.8, 4) is 0 Å². The van der Waals surface area contributed by atoms with Gasteiger partial charge in [-0.3, -0.25) is 4.79 Å². The molecule has 1 unspecified atom stereocenters. The van der Waals surface area contributed by atoms with Gasteiger partial charge in [-0.15, -0.1) is 0 Å². The first-order chi connectivity index (χ1) is 11.8. The van der Waals surface area contributed by atoms with Gasteiger partial charge >= 0.3 is 0 Å². The number of anilines is 1. The summed E-state index contributed by atoms with van der Waals surface area (Å²) in [6.45, 7) is 4.09. The second-order valence-electron chi connectivity index (χ2n) is 7.20. The van der Waals surface area contributed by atoms with Crippen LogP contribution in [0.3, 0.4) is 0 Å². The van der Waals surface area contributed by atoms with Gasteiger partial charge < -0.3 is 10.2 Å². The Morgan fingerprint density at radius 2 is 1.88 bits per heavy atom. The lowest BCUT2D eigenvalue weighted by molar-refractivity contribution is -0.133. The van der Waals surface area contributed by atoms with Gasteiger partial charge in [-0.25, -0.2) is 4.39 Å². The molecule has 3 nitrogen and oxygen atoms in total. The number of hydrogen-bond donors (Lipinski definition) is 1. The minimum absolute atomic E-state index is 0.179. The van der Waals surface area contributed by atoms with Crippen LogP contribution in [-0.4, -0.2) is 12.5 Å². The molecule has 1 amide bonds. The molecule has 2 heterocycles. The summed E-state index contributed by atoms with van der Waals surface area (Å²) in [5.41, 5.74) is 0.241. The molecule has 0 aliphatic carbocycles. The maximum atomic E-state index is 15.4. The summed E-state index contributed by atoms with van der Waals surface area (Å²) in [6.07, 6.45) is 1.48. The fourth-order valence-electron chi connectivity index (χ4n) is 3.60. The van der Waals surface area contributed by atoms with Crippen LogP contribution in [0.2, 0.25) is 5.02 Å². The maximum absolute atomic E-state index is 15.4. The number of amides is 1. The van der Waals surface area contributed by atoms with E-state index >= 15 is 4.39 Å². The Hall–Kier alpha value is -2.33. The Bertz CT molecular complexity index is 894. The molecule has 0 radical (unpaired) electrons. The van der Waals surface area contributed by atoms with Crippen LogP contribution in [-0.2, 0) is 10.5 Å². The number of carbonyl (C=O) groups excluding carboxylic acids is 1. The number of fused-ring (bicyclic) bond motifs is 3. The zero-order chi connectivity index (χ0) is 17.8. The summed E-state index contributed by atoms with van der Waals surface area (Å²) in [5.74, 6) is -0.584. The third kappa shape index (κ3) is 2.28. The summed E-state index contributed by atoms with van der Waals surface area (Å²) in [6, 6.07) is 14.6. The van der Waals surface area contributed by atoms with Gasteiger partial charge in [0.25, 0.3) is 0 Å². The highest BCUT2D eigenvalue weighted by atomic mass is 35.5. The van der Waals surface area contributed by atoms with Crippen molar-refractivity contribution in [3.05, 3.63) is 70.5 Å². The number of rotatable bonds is 1. The maximum Gasteiger partial charge on any atom is 0.229 e. The van der Waals surface area contributed by atoms with E-state index in [0.717, 1.165) is 11.3 Å². The van der Waals surface area contributed by atoms with E-state index in [-0.39, 0.29) is 5.91 Å². The molecule has 0 saturated carbocycles. The van der Waals surface area contributed by atoms with E-state index in [4.69, 9.17) is 11.6 Å². The number of carbonyl (C=O) groups is 1. The summed E-state index contributed by atoms with van der Waals surface area (Å²) in [7, 11) is 0. The Balaban J connectivity index is 2.01. The first-order valence-corrected chi connectivity index (χ1v) is 8.55. The molecule has 0 spiro atoms. The van der Waals surface area contributed by atoms with Gasteiger partial charge in [-0.05, 0) is 32.1 Å². The lowest BCUT2D eigenvalue weighted by Gasteiger charge is -2.54. The fraction of sp³-hybridized carbons (Fsp3) is 0.250. The lowest BCUT2D eigenvalue weighted by Crippen LogP contribution is -2.69. The first-order valence-electron chi connectivity index (χ1n) is 8.18. The van der Waals surface area contributed by atoms with Gasteiger partial charge in [0.2, 0.25) is 5.91 Å². The zero-order valence-corrected chi connectivity index (χ0v) is 14.8. The number of hydrogen-bond acceptors (Lipinski definition) is 2. The standard InChI is InChI=1S/C20H18ClFN2O/c1-19(2)12-24-16-11-15(21)9-8-13(16)10-17(22)20(24,23-18(19)25)14-6-4-3-5-7-14/h3-11H,12H2,1-2H3,(H,23,25). The van der Waals surface area contributed by atoms with E-state index in [0.29, 0.717) is 17.1 Å². The van der Waals surface area contributed by atoms with Gasteiger partial charge in [0.15, 0.2) is 11.5 Å². The molecule has 1 atom stereocenters. The van der Waals surface area contributed by atoms with Crippen molar-refractivity contribution >= 4 is 29.3 Å². The third-order valence-corrected chi connectivity index (χ3v) is 5.21. The van der Waals surface area contributed by atoms with Crippen molar-refractivity contribution in [2.75, 3.05) is 11.4 Å². The highest BCUT2D eigenvalue weighted by Gasteiger charge is 2.54. The van der Waals surface area contributed by atoms with Crippen LogP contribution in [0.25, 0.3) is 6.08 Å². The topological polar surface area (TPSA) is 32.3 Å². The minimum atomic E-state index is -1.34. The zero-order valence-electron chi connectivity index (χ0n) is 14.0. The van der Waals surface area contributed by atoms with E-state index in [2.05, 4.69) is 5.32 Å². The normalized spacial score (nSPS) is 24.1. The predicted molar refractivity (Wildman–Crippen MR) is 97.9 cm³/mol. The van der Waals surface area contributed by atoms with E-state index in [9.17, 15) is 4.79 Å². The van der Waals surface area contributed by atoms with E-state index in [1.165, 1.54) is 6.08 Å². The summed E-state index contributed by atoms with van der Waals surface area (Å²) in [5, 5.41) is 3.52. The Labute approximate surface area is 151 Å².